The molecule has 3 aromatic rings. The zero-order valence-corrected chi connectivity index (χ0v) is 19.0. The average Bonchev–Trinajstić information content (AvgIpc) is 3.41. The lowest BCUT2D eigenvalue weighted by molar-refractivity contribution is -0.118. The van der Waals surface area contributed by atoms with Crippen LogP contribution in [0.3, 0.4) is 0 Å². The van der Waals surface area contributed by atoms with Crippen molar-refractivity contribution in [1.29, 1.82) is 0 Å². The molecule has 2 aliphatic heterocycles. The maximum atomic E-state index is 13.2. The minimum atomic E-state index is -0.420. The molecule has 2 amide bonds. The van der Waals surface area contributed by atoms with Crippen LogP contribution in [-0.4, -0.2) is 68.7 Å². The van der Waals surface area contributed by atoms with Crippen LogP contribution in [-0.2, 0) is 11.2 Å². The van der Waals surface area contributed by atoms with Crippen molar-refractivity contribution < 1.29 is 19.1 Å². The van der Waals surface area contributed by atoms with Crippen LogP contribution in [0.4, 0.5) is 5.69 Å². The molecule has 1 saturated heterocycles. The molecule has 0 spiro atoms. The van der Waals surface area contributed by atoms with Crippen molar-refractivity contribution in [1.82, 2.24) is 19.5 Å². The van der Waals surface area contributed by atoms with Gasteiger partial charge in [0.15, 0.2) is 5.65 Å². The minimum absolute atomic E-state index is 0.111. The Hall–Kier alpha value is -3.70. The summed E-state index contributed by atoms with van der Waals surface area (Å²) in [4.78, 5) is 30.6. The third-order valence-corrected chi connectivity index (χ3v) is 5.98. The quantitative estimate of drug-likeness (QED) is 0.478. The number of primary amides is 1. The molecular weight excluding hydrogens is 438 g/mol. The first-order valence-corrected chi connectivity index (χ1v) is 11.1. The number of hydrogen-bond donors (Lipinski definition) is 3. The number of likely N-dealkylation sites (tertiary alicyclic amines) is 1. The number of ether oxygens (including phenoxy) is 2. The number of carbonyl (C=O) groups is 2. The summed E-state index contributed by atoms with van der Waals surface area (Å²) in [6.45, 7) is 5.05. The van der Waals surface area contributed by atoms with E-state index in [-0.39, 0.29) is 30.2 Å². The molecule has 0 bridgehead atoms. The zero-order chi connectivity index (χ0) is 24.0. The first kappa shape index (κ1) is 22.1. The van der Waals surface area contributed by atoms with Gasteiger partial charge < -0.3 is 26.3 Å². The summed E-state index contributed by atoms with van der Waals surface area (Å²) in [5.74, 6) is 0.366. The molecule has 5 N–H and O–H groups in total. The van der Waals surface area contributed by atoms with Crippen molar-refractivity contribution in [3.8, 4) is 11.5 Å². The average molecular weight is 466 g/mol. The normalized spacial score (nSPS) is 21.3. The third-order valence-electron chi connectivity index (χ3n) is 5.98. The second kappa shape index (κ2) is 8.26. The summed E-state index contributed by atoms with van der Waals surface area (Å²) in [7, 11) is 0. The Morgan fingerprint density at radius 2 is 2.15 bits per heavy atom. The van der Waals surface area contributed by atoms with Crippen molar-refractivity contribution in [3.05, 3.63) is 47.9 Å². The number of benzene rings is 1. The summed E-state index contributed by atoms with van der Waals surface area (Å²) in [5, 5.41) is 7.14. The Morgan fingerprint density at radius 3 is 2.94 bits per heavy atom. The number of fused-ring (bicyclic) bond motifs is 2. The molecule has 11 heteroatoms. The number of nitrogens with two attached hydrogens (primary N) is 2. The number of nitrogens with zero attached hydrogens (tertiary/aromatic N) is 4. The number of nitrogens with one attached hydrogen (secondary N) is 1. The van der Waals surface area contributed by atoms with E-state index in [1.54, 1.807) is 24.5 Å². The predicted molar refractivity (Wildman–Crippen MR) is 124 cm³/mol. The summed E-state index contributed by atoms with van der Waals surface area (Å²) in [6, 6.07) is 5.08. The van der Waals surface area contributed by atoms with Crippen molar-refractivity contribution in [2.45, 2.75) is 38.0 Å². The molecule has 0 unspecified atom stereocenters. The van der Waals surface area contributed by atoms with Gasteiger partial charge in [0.25, 0.3) is 5.91 Å². The predicted octanol–water partition coefficient (Wildman–Crippen LogP) is 0.571. The molecule has 2 atom stereocenters. The molecule has 34 heavy (non-hydrogen) atoms. The smallest absolute Gasteiger partial charge is 0.261 e. The zero-order valence-electron chi connectivity index (χ0n) is 19.0. The number of anilines is 1. The number of hydrogen-bond acceptors (Lipinski definition) is 8. The Balaban J connectivity index is 1.44. The van der Waals surface area contributed by atoms with Gasteiger partial charge in [0.2, 0.25) is 5.91 Å². The first-order valence-electron chi connectivity index (χ1n) is 11.1. The molecule has 178 valence electrons. The highest BCUT2D eigenvalue weighted by Crippen LogP contribution is 2.42. The van der Waals surface area contributed by atoms with Crippen LogP contribution in [0.5, 0.6) is 11.5 Å². The standard InChI is InChI=1S/C23H27N7O4/c1-23(2)8-13-6-16(28-22(32)14-9-27-30-5-3-4-26-21(14)30)18(7-17(13)34-23)33-19-11-29(10-15(19)24)12-20(25)31/h3-7,9,15,19H,8,10-12,24H2,1-2H3,(H2,25,31)(H,28,32)/t15-,19-/m1/s1. The Kier molecular flexibility index (Phi) is 5.37. The van der Waals surface area contributed by atoms with Crippen molar-refractivity contribution in [3.63, 3.8) is 0 Å². The van der Waals surface area contributed by atoms with Gasteiger partial charge in [0.05, 0.1) is 24.5 Å². The monoisotopic (exact) mass is 465 g/mol. The molecule has 4 heterocycles. The summed E-state index contributed by atoms with van der Waals surface area (Å²) < 4.78 is 13.9. The van der Waals surface area contributed by atoms with E-state index in [4.69, 9.17) is 20.9 Å². The van der Waals surface area contributed by atoms with Gasteiger partial charge in [0.1, 0.15) is 28.8 Å². The number of amides is 2. The van der Waals surface area contributed by atoms with Crippen LogP contribution in [0.1, 0.15) is 29.8 Å². The second-order valence-electron chi connectivity index (χ2n) is 9.38. The Bertz CT molecular complexity index is 1270. The molecule has 11 nitrogen and oxygen atoms in total. The highest BCUT2D eigenvalue weighted by molar-refractivity contribution is 6.08. The van der Waals surface area contributed by atoms with E-state index >= 15 is 0 Å². The Labute approximate surface area is 196 Å². The van der Waals surface area contributed by atoms with Crippen LogP contribution in [0, 0.1) is 0 Å². The van der Waals surface area contributed by atoms with E-state index in [1.807, 2.05) is 24.8 Å². The molecule has 0 saturated carbocycles. The van der Waals surface area contributed by atoms with Crippen molar-refractivity contribution in [2.75, 3.05) is 25.0 Å². The maximum absolute atomic E-state index is 13.2. The number of rotatable bonds is 6. The highest BCUT2D eigenvalue weighted by Gasteiger charge is 2.35. The minimum Gasteiger partial charge on any atom is -0.487 e. The molecule has 1 aromatic carbocycles. The second-order valence-corrected chi connectivity index (χ2v) is 9.38. The first-order chi connectivity index (χ1) is 16.2. The molecular formula is C23H27N7O4. The van der Waals surface area contributed by atoms with Gasteiger partial charge in [-0.3, -0.25) is 14.5 Å². The number of aromatic nitrogens is 3. The van der Waals surface area contributed by atoms with Crippen molar-refractivity contribution >= 4 is 23.1 Å². The molecule has 0 aliphatic carbocycles. The van der Waals surface area contributed by atoms with E-state index in [0.29, 0.717) is 47.9 Å². The summed E-state index contributed by atoms with van der Waals surface area (Å²) >= 11 is 0. The van der Waals surface area contributed by atoms with Crippen LogP contribution in [0.2, 0.25) is 0 Å². The molecule has 2 aliphatic rings. The van der Waals surface area contributed by atoms with Gasteiger partial charge in [-0.2, -0.15) is 5.10 Å². The summed E-state index contributed by atoms with van der Waals surface area (Å²) in [5.41, 5.74) is 13.5. The van der Waals surface area contributed by atoms with Gasteiger partial charge in [-0.05, 0) is 26.0 Å². The fourth-order valence-electron chi connectivity index (χ4n) is 4.52. The van der Waals surface area contributed by atoms with E-state index in [1.165, 1.54) is 10.7 Å². The van der Waals surface area contributed by atoms with Crippen LogP contribution >= 0.6 is 0 Å². The summed E-state index contributed by atoms with van der Waals surface area (Å²) in [6.07, 6.45) is 5.12. The molecule has 1 fully saturated rings. The van der Waals surface area contributed by atoms with Gasteiger partial charge in [-0.1, -0.05) is 0 Å². The lowest BCUT2D eigenvalue weighted by Crippen LogP contribution is -2.37. The van der Waals surface area contributed by atoms with E-state index in [9.17, 15) is 9.59 Å². The van der Waals surface area contributed by atoms with Gasteiger partial charge >= 0.3 is 0 Å². The van der Waals surface area contributed by atoms with E-state index in [0.717, 1.165) is 5.56 Å². The maximum Gasteiger partial charge on any atom is 0.261 e. The van der Waals surface area contributed by atoms with E-state index < -0.39 is 5.91 Å². The lowest BCUT2D eigenvalue weighted by Gasteiger charge is -2.21. The SMILES string of the molecule is CC1(C)Cc2cc(NC(=O)c3cnn4cccnc34)c(O[C@@H]3CN(CC(N)=O)C[C@H]3N)cc2O1. The third kappa shape index (κ3) is 4.27. The fraction of sp³-hybridized carbons (Fsp3) is 0.391. The molecule has 5 rings (SSSR count). The van der Waals surface area contributed by atoms with Crippen molar-refractivity contribution in [2.24, 2.45) is 11.5 Å². The number of carbonyl (C=O) groups excluding carboxylic acids is 2. The highest BCUT2D eigenvalue weighted by atomic mass is 16.5. The van der Waals surface area contributed by atoms with Crippen LogP contribution in [0.15, 0.2) is 36.8 Å². The van der Waals surface area contributed by atoms with E-state index in [2.05, 4.69) is 15.4 Å². The van der Waals surface area contributed by atoms with Crippen LogP contribution in [0.25, 0.3) is 5.65 Å². The van der Waals surface area contributed by atoms with Crippen LogP contribution < -0.4 is 26.3 Å². The van der Waals surface area contributed by atoms with Gasteiger partial charge in [0, 0.05) is 43.5 Å². The molecule has 2 aromatic heterocycles. The Morgan fingerprint density at radius 1 is 1.32 bits per heavy atom. The molecule has 0 radical (unpaired) electrons. The van der Waals surface area contributed by atoms with Gasteiger partial charge in [-0.25, -0.2) is 9.50 Å². The fourth-order valence-corrected chi connectivity index (χ4v) is 4.52. The lowest BCUT2D eigenvalue weighted by atomic mass is 10.0. The van der Waals surface area contributed by atoms with Gasteiger partial charge in [-0.15, -0.1) is 0 Å². The largest absolute Gasteiger partial charge is 0.487 e. The topological polar surface area (TPSA) is 150 Å².